The number of carbonyl (C=O) groups excluding carboxylic acids is 1. The number of aromatic nitrogens is 1. The predicted octanol–water partition coefficient (Wildman–Crippen LogP) is 2.96. The maximum Gasteiger partial charge on any atom is 0.270 e. The van der Waals surface area contributed by atoms with Crippen molar-refractivity contribution in [1.82, 2.24) is 4.98 Å². The average Bonchev–Trinajstić information content (AvgIpc) is 2.77. The Hall–Kier alpha value is -1.59. The molecule has 0 saturated carbocycles. The minimum Gasteiger partial charge on any atom is -0.397 e. The Labute approximate surface area is 114 Å². The Bertz CT molecular complexity index is 597. The van der Waals surface area contributed by atoms with Gasteiger partial charge < -0.3 is 10.6 Å². The Kier molecular flexibility index (Phi) is 3.54. The van der Waals surface area contributed by atoms with E-state index < -0.39 is 0 Å². The first kappa shape index (κ1) is 12.9. The molecular formula is C12H12ClN3OS. The lowest BCUT2D eigenvalue weighted by molar-refractivity contribution is 0.0996. The van der Waals surface area contributed by atoms with Crippen molar-refractivity contribution in [2.75, 3.05) is 17.7 Å². The van der Waals surface area contributed by atoms with Crippen molar-refractivity contribution < 1.29 is 4.79 Å². The maximum absolute atomic E-state index is 12.3. The number of rotatable bonds is 2. The van der Waals surface area contributed by atoms with Gasteiger partial charge in [-0.2, -0.15) is 0 Å². The third-order valence-electron chi connectivity index (χ3n) is 2.60. The number of anilines is 2. The predicted molar refractivity (Wildman–Crippen MR) is 75.4 cm³/mol. The number of amides is 1. The van der Waals surface area contributed by atoms with E-state index in [2.05, 4.69) is 4.98 Å². The number of carbonyl (C=O) groups is 1. The second-order valence-electron chi connectivity index (χ2n) is 3.83. The number of thiazole rings is 1. The molecule has 0 radical (unpaired) electrons. The molecule has 0 aliphatic rings. The van der Waals surface area contributed by atoms with Gasteiger partial charge >= 0.3 is 0 Å². The summed E-state index contributed by atoms with van der Waals surface area (Å²) in [5.41, 5.74) is 9.33. The molecule has 0 aliphatic carbocycles. The molecule has 2 N–H and O–H groups in total. The van der Waals surface area contributed by atoms with E-state index in [9.17, 15) is 4.79 Å². The fourth-order valence-electron chi connectivity index (χ4n) is 1.58. The van der Waals surface area contributed by atoms with Crippen LogP contribution in [0.3, 0.4) is 0 Å². The van der Waals surface area contributed by atoms with Gasteiger partial charge in [-0.25, -0.2) is 4.98 Å². The van der Waals surface area contributed by atoms with Crippen molar-refractivity contribution in [3.63, 3.8) is 0 Å². The largest absolute Gasteiger partial charge is 0.397 e. The molecule has 0 spiro atoms. The number of halogens is 1. The number of nitrogens with two attached hydrogens (primary N) is 1. The molecular weight excluding hydrogens is 270 g/mol. The van der Waals surface area contributed by atoms with Crippen molar-refractivity contribution in [3.8, 4) is 0 Å². The van der Waals surface area contributed by atoms with Gasteiger partial charge in [-0.15, -0.1) is 11.3 Å². The summed E-state index contributed by atoms with van der Waals surface area (Å²) in [7, 11) is 1.67. The van der Waals surface area contributed by atoms with Crippen LogP contribution in [0.5, 0.6) is 0 Å². The van der Waals surface area contributed by atoms with Crippen LogP contribution in [0, 0.1) is 6.92 Å². The smallest absolute Gasteiger partial charge is 0.270 e. The Morgan fingerprint density at radius 3 is 2.83 bits per heavy atom. The van der Waals surface area contributed by atoms with E-state index in [1.54, 1.807) is 37.7 Å². The zero-order valence-corrected chi connectivity index (χ0v) is 11.5. The van der Waals surface area contributed by atoms with Gasteiger partial charge in [0.15, 0.2) is 0 Å². The third-order valence-corrected chi connectivity index (χ3v) is 3.75. The van der Waals surface area contributed by atoms with Crippen molar-refractivity contribution in [1.29, 1.82) is 0 Å². The van der Waals surface area contributed by atoms with Crippen LogP contribution in [-0.4, -0.2) is 17.9 Å². The second kappa shape index (κ2) is 4.96. The molecule has 0 bridgehead atoms. The van der Waals surface area contributed by atoms with E-state index in [4.69, 9.17) is 17.3 Å². The highest BCUT2D eigenvalue weighted by Gasteiger charge is 2.19. The topological polar surface area (TPSA) is 59.2 Å². The van der Waals surface area contributed by atoms with E-state index in [0.717, 1.165) is 5.69 Å². The monoisotopic (exact) mass is 281 g/mol. The molecule has 0 saturated heterocycles. The fraction of sp³-hybridized carbons (Fsp3) is 0.167. The van der Waals surface area contributed by atoms with Gasteiger partial charge in [0.05, 0.1) is 22.6 Å². The second-order valence-corrected chi connectivity index (χ2v) is 5.13. The number of aryl methyl sites for hydroxylation is 1. The molecule has 1 aromatic carbocycles. The molecule has 94 valence electrons. The van der Waals surface area contributed by atoms with Crippen LogP contribution in [0.1, 0.15) is 15.4 Å². The summed E-state index contributed by atoms with van der Waals surface area (Å²) in [6.45, 7) is 1.80. The summed E-state index contributed by atoms with van der Waals surface area (Å²) >= 11 is 7.23. The molecule has 2 rings (SSSR count). The third kappa shape index (κ3) is 2.32. The number of nitrogens with zero attached hydrogens (tertiary/aromatic N) is 2. The van der Waals surface area contributed by atoms with Crippen LogP contribution < -0.4 is 10.6 Å². The summed E-state index contributed by atoms with van der Waals surface area (Å²) in [6, 6.07) is 5.04. The van der Waals surface area contributed by atoms with Crippen molar-refractivity contribution in [3.05, 3.63) is 39.3 Å². The van der Waals surface area contributed by atoms with Crippen molar-refractivity contribution >= 4 is 40.2 Å². The Morgan fingerprint density at radius 1 is 1.50 bits per heavy atom. The molecule has 6 heteroatoms. The fourth-order valence-corrected chi connectivity index (χ4v) is 2.52. The zero-order valence-electron chi connectivity index (χ0n) is 9.98. The summed E-state index contributed by atoms with van der Waals surface area (Å²) in [6.07, 6.45) is 0. The lowest BCUT2D eigenvalue weighted by Gasteiger charge is -2.19. The van der Waals surface area contributed by atoms with Crippen LogP contribution in [0.15, 0.2) is 23.7 Å². The Balaban J connectivity index is 2.37. The first-order valence-electron chi connectivity index (χ1n) is 5.24. The summed E-state index contributed by atoms with van der Waals surface area (Å²) in [5, 5.41) is 0.542. The highest BCUT2D eigenvalue weighted by molar-refractivity contribution is 7.12. The summed E-state index contributed by atoms with van der Waals surface area (Å²) in [5.74, 6) is -0.135. The lowest BCUT2D eigenvalue weighted by Crippen LogP contribution is -2.26. The van der Waals surface area contributed by atoms with Crippen LogP contribution in [0.2, 0.25) is 5.02 Å². The first-order chi connectivity index (χ1) is 8.50. The Morgan fingerprint density at radius 2 is 2.22 bits per heavy atom. The lowest BCUT2D eigenvalue weighted by atomic mass is 10.2. The van der Waals surface area contributed by atoms with Crippen LogP contribution in [0.4, 0.5) is 11.4 Å². The molecule has 4 nitrogen and oxygen atoms in total. The van der Waals surface area contributed by atoms with Gasteiger partial charge in [0, 0.05) is 12.1 Å². The van der Waals surface area contributed by atoms with Crippen LogP contribution in [-0.2, 0) is 0 Å². The number of hydrogen-bond acceptors (Lipinski definition) is 4. The summed E-state index contributed by atoms with van der Waals surface area (Å²) < 4.78 is 0. The molecule has 1 amide bonds. The minimum absolute atomic E-state index is 0.135. The molecule has 1 aromatic heterocycles. The minimum atomic E-state index is -0.135. The van der Waals surface area contributed by atoms with E-state index in [1.165, 1.54) is 16.2 Å². The van der Waals surface area contributed by atoms with Gasteiger partial charge in [-0.05, 0) is 25.1 Å². The van der Waals surface area contributed by atoms with Crippen molar-refractivity contribution in [2.24, 2.45) is 0 Å². The molecule has 18 heavy (non-hydrogen) atoms. The number of nitrogen functional groups attached to an aromatic ring is 1. The van der Waals surface area contributed by atoms with Gasteiger partial charge in [-0.1, -0.05) is 11.6 Å². The average molecular weight is 282 g/mol. The molecule has 0 fully saturated rings. The molecule has 1 heterocycles. The van der Waals surface area contributed by atoms with Gasteiger partial charge in [0.2, 0.25) is 0 Å². The number of benzene rings is 1. The van der Waals surface area contributed by atoms with Gasteiger partial charge in [0.1, 0.15) is 4.88 Å². The normalized spacial score (nSPS) is 10.4. The molecule has 0 aliphatic heterocycles. The quantitative estimate of drug-likeness (QED) is 0.861. The van der Waals surface area contributed by atoms with E-state index >= 15 is 0 Å². The molecule has 2 aromatic rings. The van der Waals surface area contributed by atoms with E-state index in [0.29, 0.717) is 21.3 Å². The standard InChI is InChI=1S/C12H12ClN3OS/c1-7-11(18-6-15-7)12(17)16(2)10-5-8(13)3-4-9(10)14/h3-6H,14H2,1-2H3. The van der Waals surface area contributed by atoms with Crippen molar-refractivity contribution in [2.45, 2.75) is 6.92 Å². The van der Waals surface area contributed by atoms with Crippen LogP contribution >= 0.6 is 22.9 Å². The highest BCUT2D eigenvalue weighted by Crippen LogP contribution is 2.28. The molecule has 0 atom stereocenters. The SMILES string of the molecule is Cc1ncsc1C(=O)N(C)c1cc(Cl)ccc1N. The number of hydrogen-bond donors (Lipinski definition) is 1. The first-order valence-corrected chi connectivity index (χ1v) is 6.49. The van der Waals surface area contributed by atoms with Gasteiger partial charge in [-0.3, -0.25) is 4.79 Å². The van der Waals surface area contributed by atoms with Gasteiger partial charge in [0.25, 0.3) is 5.91 Å². The maximum atomic E-state index is 12.3. The highest BCUT2D eigenvalue weighted by atomic mass is 35.5. The molecule has 0 unspecified atom stereocenters. The van der Waals surface area contributed by atoms with Crippen LogP contribution in [0.25, 0.3) is 0 Å². The van der Waals surface area contributed by atoms with E-state index in [-0.39, 0.29) is 5.91 Å². The van der Waals surface area contributed by atoms with E-state index in [1.807, 2.05) is 0 Å². The zero-order chi connectivity index (χ0) is 13.3. The summed E-state index contributed by atoms with van der Waals surface area (Å²) in [4.78, 5) is 18.5.